The molecule has 1 fully saturated rings. The Kier molecular flexibility index (Phi) is 3.44. The zero-order chi connectivity index (χ0) is 14.0. The number of carbonyl (C=O) groups is 2. The first-order valence-corrected chi connectivity index (χ1v) is 5.88. The number of carbonyl (C=O) groups excluding carboxylic acids is 1. The van der Waals surface area contributed by atoms with Crippen LogP contribution in [0.25, 0.3) is 0 Å². The van der Waals surface area contributed by atoms with Crippen molar-refractivity contribution in [1.29, 1.82) is 0 Å². The molecule has 2 unspecified atom stereocenters. The van der Waals surface area contributed by atoms with Gasteiger partial charge in [0.25, 0.3) is 0 Å². The molecule has 1 aromatic rings. The summed E-state index contributed by atoms with van der Waals surface area (Å²) in [4.78, 5) is 23.7. The molecule has 2 N–H and O–H groups in total. The van der Waals surface area contributed by atoms with Gasteiger partial charge in [-0.3, -0.25) is 4.90 Å². The molecule has 1 amide bonds. The van der Waals surface area contributed by atoms with Crippen LogP contribution in [0.5, 0.6) is 0 Å². The van der Waals surface area contributed by atoms with E-state index in [1.807, 2.05) is 30.3 Å². The molecule has 1 aromatic carbocycles. The summed E-state index contributed by atoms with van der Waals surface area (Å²) in [5.74, 6) is -1.33. The van der Waals surface area contributed by atoms with E-state index in [9.17, 15) is 14.7 Å². The number of carboxylic acids is 1. The largest absolute Gasteiger partial charge is 0.479 e. The van der Waals surface area contributed by atoms with Gasteiger partial charge in [-0.05, 0) is 12.5 Å². The highest BCUT2D eigenvalue weighted by Gasteiger charge is 2.57. The minimum absolute atomic E-state index is 0.119. The number of hydrogen-bond donors (Lipinski definition) is 2. The first kappa shape index (κ1) is 13.4. The van der Waals surface area contributed by atoms with E-state index in [1.165, 1.54) is 11.8 Å². The average molecular weight is 265 g/mol. The standard InChI is InChI=1S/C13H15NO5/c1-9-13(18,11(15)16)8-14(9)12(17)19-7-10-5-3-2-4-6-10/h2-6,9,18H,7-8H2,1H3,(H,15,16). The molecule has 0 saturated carbocycles. The molecule has 6 heteroatoms. The topological polar surface area (TPSA) is 87.1 Å². The normalized spacial score (nSPS) is 25.6. The predicted octanol–water partition coefficient (Wildman–Crippen LogP) is 0.843. The van der Waals surface area contributed by atoms with Crippen molar-refractivity contribution in [3.8, 4) is 0 Å². The van der Waals surface area contributed by atoms with Crippen LogP contribution in [0.4, 0.5) is 4.79 Å². The molecule has 1 aliphatic rings. The number of nitrogens with zero attached hydrogens (tertiary/aromatic N) is 1. The maximum absolute atomic E-state index is 11.7. The van der Waals surface area contributed by atoms with E-state index in [-0.39, 0.29) is 13.2 Å². The van der Waals surface area contributed by atoms with Gasteiger partial charge in [0.05, 0.1) is 12.6 Å². The van der Waals surface area contributed by atoms with Crippen molar-refractivity contribution >= 4 is 12.1 Å². The van der Waals surface area contributed by atoms with Crippen molar-refractivity contribution in [2.75, 3.05) is 6.54 Å². The highest BCUT2D eigenvalue weighted by Crippen LogP contribution is 2.30. The van der Waals surface area contributed by atoms with Gasteiger partial charge in [-0.25, -0.2) is 9.59 Å². The fourth-order valence-electron chi connectivity index (χ4n) is 1.95. The molecule has 2 atom stereocenters. The summed E-state index contributed by atoms with van der Waals surface area (Å²) in [7, 11) is 0. The van der Waals surface area contributed by atoms with Crippen LogP contribution in [-0.2, 0) is 16.1 Å². The van der Waals surface area contributed by atoms with Gasteiger partial charge in [0.15, 0.2) is 5.60 Å². The lowest BCUT2D eigenvalue weighted by Gasteiger charge is -2.48. The minimum atomic E-state index is -1.87. The molecule has 2 rings (SSSR count). The van der Waals surface area contributed by atoms with Crippen molar-refractivity contribution in [3.63, 3.8) is 0 Å². The van der Waals surface area contributed by atoms with Crippen LogP contribution in [-0.4, -0.2) is 45.4 Å². The Labute approximate surface area is 110 Å². The summed E-state index contributed by atoms with van der Waals surface area (Å²) in [6.07, 6.45) is -0.623. The Bertz CT molecular complexity index is 489. The Morgan fingerprint density at radius 1 is 1.42 bits per heavy atom. The molecule has 0 spiro atoms. The number of benzene rings is 1. The lowest BCUT2D eigenvalue weighted by atomic mass is 9.85. The molecular formula is C13H15NO5. The van der Waals surface area contributed by atoms with Crippen molar-refractivity contribution in [3.05, 3.63) is 35.9 Å². The summed E-state index contributed by atoms with van der Waals surface area (Å²) in [5.41, 5.74) is -1.02. The van der Waals surface area contributed by atoms with Crippen LogP contribution in [0.3, 0.4) is 0 Å². The fourth-order valence-corrected chi connectivity index (χ4v) is 1.95. The highest BCUT2D eigenvalue weighted by atomic mass is 16.6. The van der Waals surface area contributed by atoms with Crippen LogP contribution >= 0.6 is 0 Å². The summed E-state index contributed by atoms with van der Waals surface area (Å²) >= 11 is 0. The quantitative estimate of drug-likeness (QED) is 0.845. The monoisotopic (exact) mass is 265 g/mol. The second-order valence-corrected chi connectivity index (χ2v) is 4.57. The molecule has 0 bridgehead atoms. The molecule has 1 aliphatic heterocycles. The van der Waals surface area contributed by atoms with Gasteiger partial charge in [0, 0.05) is 0 Å². The Hall–Kier alpha value is -2.08. The minimum Gasteiger partial charge on any atom is -0.479 e. The SMILES string of the molecule is CC1N(C(=O)OCc2ccccc2)CC1(O)C(=O)O. The van der Waals surface area contributed by atoms with Crippen LogP contribution < -0.4 is 0 Å². The number of rotatable bonds is 3. The first-order chi connectivity index (χ1) is 8.95. The maximum Gasteiger partial charge on any atom is 0.410 e. The van der Waals surface area contributed by atoms with Crippen molar-refractivity contribution in [1.82, 2.24) is 4.90 Å². The van der Waals surface area contributed by atoms with Crippen LogP contribution in [0.15, 0.2) is 30.3 Å². The molecule has 6 nitrogen and oxygen atoms in total. The smallest absolute Gasteiger partial charge is 0.410 e. The van der Waals surface area contributed by atoms with Crippen LogP contribution in [0.1, 0.15) is 12.5 Å². The number of β-amino-alcohol motifs (C(OH)–C–C–N with tert-alkyl or cyclic N) is 1. The summed E-state index contributed by atoms with van der Waals surface area (Å²) in [5, 5.41) is 18.6. The van der Waals surface area contributed by atoms with Crippen molar-refractivity contribution < 1.29 is 24.5 Å². The molecular weight excluding hydrogens is 250 g/mol. The predicted molar refractivity (Wildman–Crippen MR) is 65.4 cm³/mol. The number of amides is 1. The molecule has 0 aliphatic carbocycles. The summed E-state index contributed by atoms with van der Waals surface area (Å²) in [6.45, 7) is 1.34. The van der Waals surface area contributed by atoms with E-state index in [2.05, 4.69) is 0 Å². The Morgan fingerprint density at radius 3 is 2.58 bits per heavy atom. The Balaban J connectivity index is 1.88. The zero-order valence-electron chi connectivity index (χ0n) is 10.4. The van der Waals surface area contributed by atoms with E-state index >= 15 is 0 Å². The maximum atomic E-state index is 11.7. The Morgan fingerprint density at radius 2 is 2.05 bits per heavy atom. The molecule has 0 radical (unpaired) electrons. The van der Waals surface area contributed by atoms with Crippen molar-refractivity contribution in [2.45, 2.75) is 25.2 Å². The van der Waals surface area contributed by atoms with E-state index in [1.54, 1.807) is 0 Å². The van der Waals surface area contributed by atoms with Crippen molar-refractivity contribution in [2.24, 2.45) is 0 Å². The van der Waals surface area contributed by atoms with Gasteiger partial charge < -0.3 is 14.9 Å². The fraction of sp³-hybridized carbons (Fsp3) is 0.385. The van der Waals surface area contributed by atoms with Gasteiger partial charge in [-0.15, -0.1) is 0 Å². The third-order valence-electron chi connectivity index (χ3n) is 3.38. The third-order valence-corrected chi connectivity index (χ3v) is 3.38. The lowest BCUT2D eigenvalue weighted by molar-refractivity contribution is -0.187. The average Bonchev–Trinajstić information content (AvgIpc) is 2.42. The number of likely N-dealkylation sites (tertiary alicyclic amines) is 1. The number of aliphatic hydroxyl groups is 1. The first-order valence-electron chi connectivity index (χ1n) is 5.88. The van der Waals surface area contributed by atoms with E-state index in [4.69, 9.17) is 9.84 Å². The second-order valence-electron chi connectivity index (χ2n) is 4.57. The third kappa shape index (κ3) is 2.39. The molecule has 19 heavy (non-hydrogen) atoms. The zero-order valence-corrected chi connectivity index (χ0v) is 10.4. The summed E-state index contributed by atoms with van der Waals surface area (Å²) in [6, 6.07) is 8.36. The summed E-state index contributed by atoms with van der Waals surface area (Å²) < 4.78 is 5.06. The van der Waals surface area contributed by atoms with Gasteiger partial charge >= 0.3 is 12.1 Å². The molecule has 1 heterocycles. The van der Waals surface area contributed by atoms with Gasteiger partial charge in [0.2, 0.25) is 0 Å². The highest BCUT2D eigenvalue weighted by molar-refractivity contribution is 5.83. The van der Waals surface area contributed by atoms with Gasteiger partial charge in [-0.1, -0.05) is 30.3 Å². The molecule has 0 aromatic heterocycles. The number of carboxylic acid groups (broad SMARTS) is 1. The lowest BCUT2D eigenvalue weighted by Crippen LogP contribution is -2.73. The number of aliphatic carboxylic acids is 1. The van der Waals surface area contributed by atoms with E-state index in [0.717, 1.165) is 5.56 Å². The van der Waals surface area contributed by atoms with Crippen LogP contribution in [0, 0.1) is 0 Å². The molecule has 102 valence electrons. The van der Waals surface area contributed by atoms with Crippen LogP contribution in [0.2, 0.25) is 0 Å². The second kappa shape index (κ2) is 4.89. The van der Waals surface area contributed by atoms with E-state index < -0.39 is 23.7 Å². The number of hydrogen-bond acceptors (Lipinski definition) is 4. The van der Waals surface area contributed by atoms with Gasteiger partial charge in [0.1, 0.15) is 6.61 Å². The number of ether oxygens (including phenoxy) is 1. The molecule has 1 saturated heterocycles. The van der Waals surface area contributed by atoms with E-state index in [0.29, 0.717) is 0 Å². The van der Waals surface area contributed by atoms with Gasteiger partial charge in [-0.2, -0.15) is 0 Å².